The van der Waals surface area contributed by atoms with Gasteiger partial charge in [-0.05, 0) is 32.4 Å². The molecule has 3 rings (SSSR count). The summed E-state index contributed by atoms with van der Waals surface area (Å²) in [7, 11) is 0. The molecule has 2 unspecified atom stereocenters. The van der Waals surface area contributed by atoms with E-state index in [0.717, 1.165) is 41.8 Å². The molecule has 23 heavy (non-hydrogen) atoms. The zero-order chi connectivity index (χ0) is 16.4. The fourth-order valence-corrected chi connectivity index (χ4v) is 3.88. The van der Waals surface area contributed by atoms with Crippen LogP contribution < -0.4 is 16.8 Å². The monoisotopic (exact) mass is 332 g/mol. The van der Waals surface area contributed by atoms with Crippen LogP contribution in [0.5, 0.6) is 0 Å². The number of carbonyl (C=O) groups excluding carboxylic acids is 1. The van der Waals surface area contributed by atoms with E-state index in [4.69, 9.17) is 11.5 Å². The number of hydrogen-bond donors (Lipinski definition) is 3. The molecule has 8 heteroatoms. The van der Waals surface area contributed by atoms with Crippen molar-refractivity contribution < 1.29 is 4.79 Å². The number of nitrogens with two attached hydrogens (primary N) is 2. The first-order valence-electron chi connectivity index (χ1n) is 7.61. The minimum Gasteiger partial charge on any atom is -0.386 e. The summed E-state index contributed by atoms with van der Waals surface area (Å²) in [6, 6.07) is 1.96. The molecule has 0 saturated carbocycles. The Hall–Kier alpha value is -2.06. The van der Waals surface area contributed by atoms with Crippen LogP contribution in [0, 0.1) is 6.92 Å². The maximum Gasteiger partial charge on any atom is 0.235 e. The van der Waals surface area contributed by atoms with Crippen LogP contribution in [0.4, 0.5) is 0 Å². The Morgan fingerprint density at radius 2 is 2.35 bits per heavy atom. The molecule has 1 aliphatic heterocycles. The molecular formula is C15H20N6OS. The van der Waals surface area contributed by atoms with E-state index in [0.29, 0.717) is 5.01 Å². The van der Waals surface area contributed by atoms with Gasteiger partial charge >= 0.3 is 0 Å². The van der Waals surface area contributed by atoms with Gasteiger partial charge < -0.3 is 16.8 Å². The predicted octanol–water partition coefficient (Wildman–Crippen LogP) is 0.678. The van der Waals surface area contributed by atoms with Gasteiger partial charge in [-0.3, -0.25) is 14.8 Å². The number of aliphatic imine (C=N–C) groups is 1. The number of nitrogens with one attached hydrogen (secondary N) is 1. The maximum absolute atomic E-state index is 11.9. The van der Waals surface area contributed by atoms with E-state index in [1.807, 2.05) is 13.0 Å². The maximum atomic E-state index is 11.9. The van der Waals surface area contributed by atoms with Gasteiger partial charge in [0.15, 0.2) is 0 Å². The van der Waals surface area contributed by atoms with E-state index < -0.39 is 11.8 Å². The summed E-state index contributed by atoms with van der Waals surface area (Å²) in [6.07, 6.45) is 3.74. The highest BCUT2D eigenvalue weighted by Gasteiger charge is 2.27. The summed E-state index contributed by atoms with van der Waals surface area (Å²) >= 11 is 1.41. The average Bonchev–Trinajstić information content (AvgIpc) is 2.93. The molecule has 2 aromatic heterocycles. The second-order valence-electron chi connectivity index (χ2n) is 5.68. The molecule has 0 aromatic carbocycles. The summed E-state index contributed by atoms with van der Waals surface area (Å²) in [5.74, 6) is -1.07. The third-order valence-electron chi connectivity index (χ3n) is 3.94. The number of nitrogens with zero attached hydrogens (tertiary/aromatic N) is 3. The molecule has 1 saturated heterocycles. The summed E-state index contributed by atoms with van der Waals surface area (Å²) in [4.78, 5) is 25.2. The number of primary amides is 1. The number of aromatic nitrogens is 2. The van der Waals surface area contributed by atoms with Gasteiger partial charge in [0, 0.05) is 12.7 Å². The molecule has 2 aromatic rings. The summed E-state index contributed by atoms with van der Waals surface area (Å²) in [5, 5.41) is 3.85. The number of pyridine rings is 1. The van der Waals surface area contributed by atoms with Crippen LogP contribution in [0.3, 0.4) is 0 Å². The minimum atomic E-state index is -0.784. The normalized spacial score (nSPS) is 20.6. The zero-order valence-electron chi connectivity index (χ0n) is 13.0. The highest BCUT2D eigenvalue weighted by Crippen LogP contribution is 2.29. The smallest absolute Gasteiger partial charge is 0.235 e. The topological polar surface area (TPSA) is 119 Å². The molecule has 0 bridgehead atoms. The number of piperidine rings is 1. The number of carbonyl (C=O) groups is 1. The molecule has 0 radical (unpaired) electrons. The van der Waals surface area contributed by atoms with Crippen LogP contribution >= 0.6 is 11.3 Å². The third-order valence-corrected chi connectivity index (χ3v) is 5.02. The van der Waals surface area contributed by atoms with Gasteiger partial charge in [-0.25, -0.2) is 4.98 Å². The third kappa shape index (κ3) is 3.32. The molecular weight excluding hydrogens is 312 g/mol. The van der Waals surface area contributed by atoms with E-state index in [1.165, 1.54) is 11.3 Å². The highest BCUT2D eigenvalue weighted by molar-refractivity contribution is 7.18. The van der Waals surface area contributed by atoms with Crippen molar-refractivity contribution in [1.29, 1.82) is 0 Å². The summed E-state index contributed by atoms with van der Waals surface area (Å²) < 4.78 is 0.964. The van der Waals surface area contributed by atoms with E-state index in [1.54, 1.807) is 6.20 Å². The van der Waals surface area contributed by atoms with Crippen LogP contribution in [0.2, 0.25) is 0 Å². The Morgan fingerprint density at radius 1 is 1.52 bits per heavy atom. The SMILES string of the molecule is Cc1nccc2sc(C(C(N)=O)C(N)=NC3CCCNC3)nc12. The molecule has 0 spiro atoms. The lowest BCUT2D eigenvalue weighted by atomic mass is 10.1. The Bertz CT molecular complexity index is 750. The van der Waals surface area contributed by atoms with Crippen molar-refractivity contribution in [3.8, 4) is 0 Å². The van der Waals surface area contributed by atoms with Gasteiger partial charge in [0.2, 0.25) is 5.91 Å². The summed E-state index contributed by atoms with van der Waals surface area (Å²) in [6.45, 7) is 3.65. The number of fused-ring (bicyclic) bond motifs is 1. The quantitative estimate of drug-likeness (QED) is 0.562. The van der Waals surface area contributed by atoms with E-state index in [2.05, 4.69) is 20.3 Å². The van der Waals surface area contributed by atoms with Gasteiger partial charge in [-0.15, -0.1) is 11.3 Å². The van der Waals surface area contributed by atoms with Crippen LogP contribution in [0.1, 0.15) is 29.5 Å². The van der Waals surface area contributed by atoms with Crippen molar-refractivity contribution in [2.24, 2.45) is 16.5 Å². The Labute approximate surface area is 138 Å². The van der Waals surface area contributed by atoms with Crippen LogP contribution in [-0.2, 0) is 4.79 Å². The lowest BCUT2D eigenvalue weighted by Crippen LogP contribution is -2.38. The first-order valence-corrected chi connectivity index (χ1v) is 8.43. The molecule has 3 heterocycles. The number of thiazole rings is 1. The zero-order valence-corrected chi connectivity index (χ0v) is 13.8. The minimum absolute atomic E-state index is 0.0865. The number of amides is 1. The van der Waals surface area contributed by atoms with Crippen molar-refractivity contribution in [2.75, 3.05) is 13.1 Å². The lowest BCUT2D eigenvalue weighted by Gasteiger charge is -2.21. The number of rotatable bonds is 4. The predicted molar refractivity (Wildman–Crippen MR) is 91.6 cm³/mol. The van der Waals surface area contributed by atoms with E-state index in [-0.39, 0.29) is 11.9 Å². The van der Waals surface area contributed by atoms with Crippen LogP contribution in [0.25, 0.3) is 10.2 Å². The largest absolute Gasteiger partial charge is 0.386 e. The molecule has 0 aliphatic carbocycles. The van der Waals surface area contributed by atoms with Gasteiger partial charge in [0.25, 0.3) is 0 Å². The first-order chi connectivity index (χ1) is 11.1. The van der Waals surface area contributed by atoms with Crippen molar-refractivity contribution in [2.45, 2.75) is 31.7 Å². The highest BCUT2D eigenvalue weighted by atomic mass is 32.1. The molecule has 7 nitrogen and oxygen atoms in total. The van der Waals surface area contributed by atoms with Crippen molar-refractivity contribution in [3.63, 3.8) is 0 Å². The molecule has 5 N–H and O–H groups in total. The second-order valence-corrected chi connectivity index (χ2v) is 6.75. The van der Waals surface area contributed by atoms with Crippen molar-refractivity contribution in [3.05, 3.63) is 23.0 Å². The van der Waals surface area contributed by atoms with Gasteiger partial charge in [-0.2, -0.15) is 0 Å². The number of hydrogen-bond acceptors (Lipinski definition) is 6. The van der Waals surface area contributed by atoms with E-state index >= 15 is 0 Å². The van der Waals surface area contributed by atoms with Crippen molar-refractivity contribution in [1.82, 2.24) is 15.3 Å². The number of aryl methyl sites for hydroxylation is 1. The fraction of sp³-hybridized carbons (Fsp3) is 0.467. The van der Waals surface area contributed by atoms with Crippen molar-refractivity contribution >= 4 is 33.3 Å². The van der Waals surface area contributed by atoms with Gasteiger partial charge in [-0.1, -0.05) is 0 Å². The molecule has 1 fully saturated rings. The molecule has 122 valence electrons. The summed E-state index contributed by atoms with van der Waals surface area (Å²) in [5.41, 5.74) is 13.3. The Morgan fingerprint density at radius 3 is 3.00 bits per heavy atom. The van der Waals surface area contributed by atoms with Crippen LogP contribution in [0.15, 0.2) is 17.3 Å². The second kappa shape index (κ2) is 6.59. The van der Waals surface area contributed by atoms with Crippen LogP contribution in [-0.4, -0.2) is 40.8 Å². The molecule has 1 aliphatic rings. The molecule has 2 atom stereocenters. The Balaban J connectivity index is 1.95. The lowest BCUT2D eigenvalue weighted by molar-refractivity contribution is -0.118. The number of amidine groups is 1. The van der Waals surface area contributed by atoms with Gasteiger partial charge in [0.1, 0.15) is 22.3 Å². The average molecular weight is 332 g/mol. The van der Waals surface area contributed by atoms with Gasteiger partial charge in [0.05, 0.1) is 16.4 Å². The Kier molecular flexibility index (Phi) is 4.53. The fourth-order valence-electron chi connectivity index (χ4n) is 2.75. The standard InChI is InChI=1S/C15H20N6OS/c1-8-12-10(4-6-19-8)23-15(21-12)11(14(17)22)13(16)20-9-3-2-5-18-7-9/h4,6,9,11,18H,2-3,5,7H2,1H3,(H2,16,20)(H2,17,22). The molecule has 1 amide bonds. The first kappa shape index (κ1) is 15.8. The van der Waals surface area contributed by atoms with E-state index in [9.17, 15) is 4.79 Å².